The number of carbonyl (C=O) groups excluding carboxylic acids is 2. The third-order valence-corrected chi connectivity index (χ3v) is 3.51. The van der Waals surface area contributed by atoms with E-state index in [2.05, 4.69) is 16.0 Å². The lowest BCUT2D eigenvalue weighted by Crippen LogP contribution is -2.51. The molecule has 0 radical (unpaired) electrons. The van der Waals surface area contributed by atoms with Gasteiger partial charge in [-0.1, -0.05) is 32.0 Å². The molecule has 4 N–H and O–H groups in total. The molecular formula is C17H25N3O3S. The first-order valence-corrected chi connectivity index (χ1v) is 8.36. The maximum Gasteiger partial charge on any atom is 0.243 e. The van der Waals surface area contributed by atoms with Crippen LogP contribution in [0.5, 0.6) is 0 Å². The van der Waals surface area contributed by atoms with Gasteiger partial charge >= 0.3 is 0 Å². The molecule has 132 valence electrons. The number of para-hydroxylation sites is 1. The molecule has 0 aromatic heterocycles. The van der Waals surface area contributed by atoms with E-state index >= 15 is 0 Å². The van der Waals surface area contributed by atoms with Crippen molar-refractivity contribution in [1.29, 1.82) is 0 Å². The number of hydrogen-bond acceptors (Lipinski definition) is 4. The van der Waals surface area contributed by atoms with Crippen LogP contribution in [0.1, 0.15) is 26.7 Å². The van der Waals surface area contributed by atoms with Gasteiger partial charge in [-0.05, 0) is 43.1 Å². The average Bonchev–Trinajstić information content (AvgIpc) is 2.54. The molecule has 2 atom stereocenters. The summed E-state index contributed by atoms with van der Waals surface area (Å²) in [6.45, 7) is 3.83. The van der Waals surface area contributed by atoms with E-state index in [0.29, 0.717) is 17.8 Å². The fourth-order valence-corrected chi connectivity index (χ4v) is 2.41. The Morgan fingerprint density at radius 3 is 2.46 bits per heavy atom. The molecule has 0 heterocycles. The number of aliphatic hydroxyl groups is 1. The van der Waals surface area contributed by atoms with E-state index < -0.39 is 12.1 Å². The van der Waals surface area contributed by atoms with Gasteiger partial charge in [0.25, 0.3) is 0 Å². The van der Waals surface area contributed by atoms with Gasteiger partial charge in [0.15, 0.2) is 5.11 Å². The van der Waals surface area contributed by atoms with E-state index in [1.54, 1.807) is 0 Å². The van der Waals surface area contributed by atoms with Gasteiger partial charge in [-0.3, -0.25) is 4.79 Å². The predicted molar refractivity (Wildman–Crippen MR) is 98.7 cm³/mol. The fraction of sp³-hybridized carbons (Fsp3) is 0.471. The van der Waals surface area contributed by atoms with Crippen LogP contribution in [-0.4, -0.2) is 41.1 Å². The van der Waals surface area contributed by atoms with E-state index in [1.165, 1.54) is 0 Å². The molecule has 1 aromatic rings. The number of carbonyl (C=O) groups is 2. The Morgan fingerprint density at radius 2 is 1.92 bits per heavy atom. The third kappa shape index (κ3) is 7.52. The van der Waals surface area contributed by atoms with Crippen LogP contribution in [0.15, 0.2) is 30.3 Å². The second-order valence-corrected chi connectivity index (χ2v) is 6.32. The largest absolute Gasteiger partial charge is 0.396 e. The minimum absolute atomic E-state index is 0.167. The van der Waals surface area contributed by atoms with Gasteiger partial charge < -0.3 is 25.9 Å². The Morgan fingerprint density at radius 1 is 1.25 bits per heavy atom. The summed E-state index contributed by atoms with van der Waals surface area (Å²) in [5.74, 6) is -0.0493. The van der Waals surface area contributed by atoms with Crippen molar-refractivity contribution in [3.05, 3.63) is 30.3 Å². The Balaban J connectivity index is 2.68. The standard InChI is InChI=1S/C17H25N3O3S/c1-12(2)10-15(16(23)18-14(11-22)8-9-21)20-17(24)19-13-6-4-3-5-7-13/h3-7,11-12,14-15,21H,8-10H2,1-2H3,(H,18,23)(H2,19,20,24)/t14-,15-/m0/s1. The van der Waals surface area contributed by atoms with Crippen LogP contribution in [0.4, 0.5) is 5.69 Å². The summed E-state index contributed by atoms with van der Waals surface area (Å²) >= 11 is 5.27. The van der Waals surface area contributed by atoms with E-state index in [1.807, 2.05) is 44.2 Å². The van der Waals surface area contributed by atoms with Crippen LogP contribution in [0, 0.1) is 5.92 Å². The molecule has 0 spiro atoms. The van der Waals surface area contributed by atoms with Crippen molar-refractivity contribution in [3.8, 4) is 0 Å². The molecule has 24 heavy (non-hydrogen) atoms. The number of amides is 1. The second-order valence-electron chi connectivity index (χ2n) is 5.91. The summed E-state index contributed by atoms with van der Waals surface area (Å²) < 4.78 is 0. The third-order valence-electron chi connectivity index (χ3n) is 3.29. The van der Waals surface area contributed by atoms with Crippen molar-refractivity contribution in [2.75, 3.05) is 11.9 Å². The molecule has 0 aliphatic carbocycles. The molecule has 0 bridgehead atoms. The lowest BCUT2D eigenvalue weighted by Gasteiger charge is -2.23. The first-order valence-electron chi connectivity index (χ1n) is 7.95. The molecule has 0 fully saturated rings. The topological polar surface area (TPSA) is 90.5 Å². The summed E-state index contributed by atoms with van der Waals surface area (Å²) in [5.41, 5.74) is 0.824. The summed E-state index contributed by atoms with van der Waals surface area (Å²) in [5, 5.41) is 17.9. The lowest BCUT2D eigenvalue weighted by atomic mass is 10.0. The van der Waals surface area contributed by atoms with Gasteiger partial charge in [-0.2, -0.15) is 0 Å². The SMILES string of the molecule is CC(C)C[C@H](NC(=S)Nc1ccccc1)C(=O)N[C@H](C=O)CCO. The second kappa shape index (κ2) is 10.7. The minimum Gasteiger partial charge on any atom is -0.396 e. The van der Waals surface area contributed by atoms with Crippen LogP contribution >= 0.6 is 12.2 Å². The molecule has 1 amide bonds. The van der Waals surface area contributed by atoms with Crippen LogP contribution in [0.2, 0.25) is 0 Å². The smallest absolute Gasteiger partial charge is 0.243 e. The summed E-state index contributed by atoms with van der Waals surface area (Å²) in [7, 11) is 0. The van der Waals surface area contributed by atoms with Crippen LogP contribution < -0.4 is 16.0 Å². The highest BCUT2D eigenvalue weighted by molar-refractivity contribution is 7.80. The molecule has 0 saturated carbocycles. The number of hydrogen-bond donors (Lipinski definition) is 4. The van der Waals surface area contributed by atoms with Gasteiger partial charge in [0.05, 0.1) is 6.04 Å². The Hall–Kier alpha value is -1.99. The van der Waals surface area contributed by atoms with Crippen LogP contribution in [0.25, 0.3) is 0 Å². The van der Waals surface area contributed by atoms with Gasteiger partial charge in [0.1, 0.15) is 12.3 Å². The zero-order valence-electron chi connectivity index (χ0n) is 14.0. The molecular weight excluding hydrogens is 326 g/mol. The molecule has 0 unspecified atom stereocenters. The van der Waals surface area contributed by atoms with E-state index in [4.69, 9.17) is 17.3 Å². The quantitative estimate of drug-likeness (QED) is 0.398. The molecule has 7 heteroatoms. The number of rotatable bonds is 9. The zero-order chi connectivity index (χ0) is 17.9. The molecule has 0 aliphatic heterocycles. The highest BCUT2D eigenvalue weighted by Crippen LogP contribution is 2.08. The first kappa shape index (κ1) is 20.1. The highest BCUT2D eigenvalue weighted by atomic mass is 32.1. The monoisotopic (exact) mass is 351 g/mol. The average molecular weight is 351 g/mol. The molecule has 1 rings (SSSR count). The number of anilines is 1. The Labute approximate surface area is 148 Å². The van der Waals surface area contributed by atoms with Crippen LogP contribution in [0.3, 0.4) is 0 Å². The van der Waals surface area contributed by atoms with Gasteiger partial charge in [0.2, 0.25) is 5.91 Å². The Kier molecular flexibility index (Phi) is 8.96. The molecule has 6 nitrogen and oxygen atoms in total. The summed E-state index contributed by atoms with van der Waals surface area (Å²) in [6, 6.07) is 8.14. The predicted octanol–water partition coefficient (Wildman–Crippen LogP) is 1.45. The maximum absolute atomic E-state index is 12.4. The van der Waals surface area contributed by atoms with Crippen LogP contribution in [-0.2, 0) is 9.59 Å². The van der Waals surface area contributed by atoms with Gasteiger partial charge in [-0.15, -0.1) is 0 Å². The number of nitrogens with one attached hydrogen (secondary N) is 3. The zero-order valence-corrected chi connectivity index (χ0v) is 14.8. The van der Waals surface area contributed by atoms with Crippen molar-refractivity contribution in [2.45, 2.75) is 38.8 Å². The van der Waals surface area contributed by atoms with Crippen molar-refractivity contribution in [1.82, 2.24) is 10.6 Å². The number of aliphatic hydroxyl groups excluding tert-OH is 1. The van der Waals surface area contributed by atoms with Crippen molar-refractivity contribution >= 4 is 35.2 Å². The minimum atomic E-state index is -0.699. The Bertz CT molecular complexity index is 537. The first-order chi connectivity index (χ1) is 11.5. The highest BCUT2D eigenvalue weighted by Gasteiger charge is 2.23. The lowest BCUT2D eigenvalue weighted by molar-refractivity contribution is -0.126. The van der Waals surface area contributed by atoms with E-state index in [-0.39, 0.29) is 24.9 Å². The number of thiocarbonyl (C=S) groups is 1. The van der Waals surface area contributed by atoms with Gasteiger partial charge in [-0.25, -0.2) is 0 Å². The van der Waals surface area contributed by atoms with Crippen molar-refractivity contribution in [3.63, 3.8) is 0 Å². The molecule has 0 saturated heterocycles. The van der Waals surface area contributed by atoms with E-state index in [9.17, 15) is 9.59 Å². The molecule has 1 aromatic carbocycles. The maximum atomic E-state index is 12.4. The number of benzene rings is 1. The fourth-order valence-electron chi connectivity index (χ4n) is 2.15. The van der Waals surface area contributed by atoms with Crippen molar-refractivity contribution in [2.24, 2.45) is 5.92 Å². The number of aldehydes is 1. The normalized spacial score (nSPS) is 13.0. The van der Waals surface area contributed by atoms with Crippen molar-refractivity contribution < 1.29 is 14.7 Å². The van der Waals surface area contributed by atoms with E-state index in [0.717, 1.165) is 5.69 Å². The summed E-state index contributed by atoms with van der Waals surface area (Å²) in [6.07, 6.45) is 1.38. The van der Waals surface area contributed by atoms with Gasteiger partial charge in [0, 0.05) is 12.3 Å². The summed E-state index contributed by atoms with van der Waals surface area (Å²) in [4.78, 5) is 23.4. The molecule has 0 aliphatic rings.